The summed E-state index contributed by atoms with van der Waals surface area (Å²) < 4.78 is 0. The standard InChI is InChI=1S/C21H16N4O/c26-21(23-17-11-5-2-6-12-17)19-18(15-8-3-1-4-9-15)24-20(25-19)16-10-7-13-22-14-16/h1-14,19H,(H,23,26). The van der Waals surface area contributed by atoms with E-state index >= 15 is 0 Å². The Bertz CT molecular complexity index is 967. The van der Waals surface area contributed by atoms with Crippen LogP contribution in [-0.4, -0.2) is 28.5 Å². The molecule has 2 aromatic carbocycles. The Morgan fingerprint density at radius 3 is 2.23 bits per heavy atom. The van der Waals surface area contributed by atoms with Crippen LogP contribution in [0, 0.1) is 0 Å². The lowest BCUT2D eigenvalue weighted by Crippen LogP contribution is -2.32. The lowest BCUT2D eigenvalue weighted by atomic mass is 10.0. The Kier molecular flexibility index (Phi) is 4.35. The molecule has 0 aliphatic carbocycles. The van der Waals surface area contributed by atoms with Crippen LogP contribution in [0.15, 0.2) is 95.2 Å². The molecule has 1 unspecified atom stereocenters. The molecule has 1 aliphatic rings. The minimum absolute atomic E-state index is 0.210. The van der Waals surface area contributed by atoms with Crippen LogP contribution < -0.4 is 5.32 Å². The number of para-hydroxylation sites is 1. The van der Waals surface area contributed by atoms with Crippen LogP contribution in [0.1, 0.15) is 11.1 Å². The smallest absolute Gasteiger partial charge is 0.255 e. The molecule has 4 rings (SSSR count). The minimum Gasteiger partial charge on any atom is -0.324 e. The first kappa shape index (κ1) is 15.9. The number of pyridine rings is 1. The molecule has 5 nitrogen and oxygen atoms in total. The fourth-order valence-corrected chi connectivity index (χ4v) is 2.77. The van der Waals surface area contributed by atoms with Gasteiger partial charge < -0.3 is 5.32 Å². The Labute approximate surface area is 151 Å². The van der Waals surface area contributed by atoms with E-state index in [2.05, 4.69) is 20.3 Å². The van der Waals surface area contributed by atoms with Crippen LogP contribution in [0.5, 0.6) is 0 Å². The molecule has 1 N–H and O–H groups in total. The topological polar surface area (TPSA) is 66.7 Å². The van der Waals surface area contributed by atoms with Crippen molar-refractivity contribution in [3.05, 3.63) is 96.3 Å². The fourth-order valence-electron chi connectivity index (χ4n) is 2.77. The van der Waals surface area contributed by atoms with Crippen LogP contribution >= 0.6 is 0 Å². The van der Waals surface area contributed by atoms with E-state index in [1.54, 1.807) is 12.4 Å². The van der Waals surface area contributed by atoms with E-state index in [1.165, 1.54) is 0 Å². The molecule has 5 heteroatoms. The highest BCUT2D eigenvalue weighted by molar-refractivity contribution is 6.27. The number of carbonyl (C=O) groups excluding carboxylic acids is 1. The number of aromatic nitrogens is 1. The highest BCUT2D eigenvalue weighted by Crippen LogP contribution is 2.19. The fraction of sp³-hybridized carbons (Fsp3) is 0.0476. The zero-order valence-electron chi connectivity index (χ0n) is 13.9. The number of rotatable bonds is 4. The van der Waals surface area contributed by atoms with Gasteiger partial charge in [0.05, 0.1) is 5.71 Å². The van der Waals surface area contributed by atoms with Gasteiger partial charge in [0.2, 0.25) is 0 Å². The molecule has 1 atom stereocenters. The van der Waals surface area contributed by atoms with E-state index in [0.717, 1.165) is 16.8 Å². The third kappa shape index (κ3) is 3.28. The average molecular weight is 340 g/mol. The third-order valence-electron chi connectivity index (χ3n) is 4.02. The first-order valence-corrected chi connectivity index (χ1v) is 8.29. The lowest BCUT2D eigenvalue weighted by molar-refractivity contribution is -0.115. The first-order chi connectivity index (χ1) is 12.8. The van der Waals surface area contributed by atoms with E-state index < -0.39 is 6.04 Å². The molecule has 126 valence electrons. The summed E-state index contributed by atoms with van der Waals surface area (Å²) in [5.74, 6) is 0.308. The second kappa shape index (κ2) is 7.11. The van der Waals surface area contributed by atoms with E-state index in [9.17, 15) is 4.79 Å². The van der Waals surface area contributed by atoms with E-state index in [4.69, 9.17) is 0 Å². The number of nitrogens with zero attached hydrogens (tertiary/aromatic N) is 3. The van der Waals surface area contributed by atoms with Gasteiger partial charge in [-0.05, 0) is 29.8 Å². The van der Waals surface area contributed by atoms with Gasteiger partial charge in [0.1, 0.15) is 0 Å². The summed E-state index contributed by atoms with van der Waals surface area (Å²) in [5, 5.41) is 2.91. The molecule has 26 heavy (non-hydrogen) atoms. The number of amidine groups is 1. The van der Waals surface area contributed by atoms with Crippen LogP contribution in [-0.2, 0) is 4.79 Å². The Morgan fingerprint density at radius 2 is 1.54 bits per heavy atom. The summed E-state index contributed by atoms with van der Waals surface area (Å²) in [4.78, 5) is 26.2. The predicted molar refractivity (Wildman–Crippen MR) is 103 cm³/mol. The molecule has 0 bridgehead atoms. The average Bonchev–Trinajstić information content (AvgIpc) is 3.16. The Morgan fingerprint density at radius 1 is 0.846 bits per heavy atom. The lowest BCUT2D eigenvalue weighted by Gasteiger charge is -2.11. The molecular formula is C21H16N4O. The second-order valence-corrected chi connectivity index (χ2v) is 5.82. The van der Waals surface area contributed by atoms with Gasteiger partial charge in [-0.2, -0.15) is 0 Å². The quantitative estimate of drug-likeness (QED) is 0.791. The number of benzene rings is 2. The van der Waals surface area contributed by atoms with Crippen LogP contribution in [0.2, 0.25) is 0 Å². The minimum atomic E-state index is -0.701. The molecule has 0 radical (unpaired) electrons. The molecule has 2 heterocycles. The first-order valence-electron chi connectivity index (χ1n) is 8.29. The summed E-state index contributed by atoms with van der Waals surface area (Å²) >= 11 is 0. The van der Waals surface area contributed by atoms with Gasteiger partial charge in [-0.1, -0.05) is 48.5 Å². The van der Waals surface area contributed by atoms with Crippen LogP contribution in [0.25, 0.3) is 0 Å². The summed E-state index contributed by atoms with van der Waals surface area (Å²) in [6.45, 7) is 0. The maximum atomic E-state index is 12.9. The number of amides is 1. The summed E-state index contributed by atoms with van der Waals surface area (Å²) in [6, 6.07) is 22.0. The van der Waals surface area contributed by atoms with Crippen molar-refractivity contribution in [3.63, 3.8) is 0 Å². The Balaban J connectivity index is 1.69. The van der Waals surface area contributed by atoms with Gasteiger partial charge in [0.25, 0.3) is 5.91 Å². The summed E-state index contributed by atoms with van der Waals surface area (Å²) in [5.41, 5.74) is 3.03. The molecule has 0 saturated heterocycles. The van der Waals surface area contributed by atoms with Crippen molar-refractivity contribution < 1.29 is 4.79 Å². The van der Waals surface area contributed by atoms with E-state index in [0.29, 0.717) is 11.5 Å². The number of anilines is 1. The van der Waals surface area contributed by atoms with Gasteiger partial charge >= 0.3 is 0 Å². The van der Waals surface area contributed by atoms with Crippen molar-refractivity contribution >= 4 is 23.1 Å². The van der Waals surface area contributed by atoms with Crippen molar-refractivity contribution in [1.82, 2.24) is 4.98 Å². The van der Waals surface area contributed by atoms with Crippen molar-refractivity contribution in [3.8, 4) is 0 Å². The van der Waals surface area contributed by atoms with Crippen molar-refractivity contribution in [1.29, 1.82) is 0 Å². The van der Waals surface area contributed by atoms with Gasteiger partial charge in [-0.25, -0.2) is 9.98 Å². The van der Waals surface area contributed by atoms with Crippen LogP contribution in [0.4, 0.5) is 5.69 Å². The SMILES string of the molecule is O=C(Nc1ccccc1)C1N=C(c2cccnc2)N=C1c1ccccc1. The Hall–Kier alpha value is -3.60. The molecule has 3 aromatic rings. The summed E-state index contributed by atoms with van der Waals surface area (Å²) in [7, 11) is 0. The van der Waals surface area contributed by atoms with Gasteiger partial charge in [0.15, 0.2) is 11.9 Å². The number of carbonyl (C=O) groups is 1. The van der Waals surface area contributed by atoms with Crippen LogP contribution in [0.3, 0.4) is 0 Å². The monoisotopic (exact) mass is 340 g/mol. The van der Waals surface area contributed by atoms with Gasteiger partial charge in [-0.3, -0.25) is 9.78 Å². The van der Waals surface area contributed by atoms with Crippen molar-refractivity contribution in [2.75, 3.05) is 5.32 Å². The number of hydrogen-bond donors (Lipinski definition) is 1. The zero-order valence-corrected chi connectivity index (χ0v) is 13.9. The van der Waals surface area contributed by atoms with Crippen molar-refractivity contribution in [2.24, 2.45) is 9.98 Å². The number of nitrogens with one attached hydrogen (secondary N) is 1. The van der Waals surface area contributed by atoms with E-state index in [-0.39, 0.29) is 5.91 Å². The highest BCUT2D eigenvalue weighted by atomic mass is 16.2. The molecular weight excluding hydrogens is 324 g/mol. The molecule has 0 fully saturated rings. The molecule has 0 spiro atoms. The van der Waals surface area contributed by atoms with Gasteiger partial charge in [0, 0.05) is 23.6 Å². The maximum absolute atomic E-state index is 12.9. The number of aliphatic imine (C=N–C) groups is 2. The normalized spacial score (nSPS) is 15.9. The predicted octanol–water partition coefficient (Wildman–Crippen LogP) is 3.34. The molecule has 1 aliphatic heterocycles. The number of hydrogen-bond acceptors (Lipinski definition) is 4. The van der Waals surface area contributed by atoms with E-state index in [1.807, 2.05) is 72.8 Å². The molecule has 0 saturated carbocycles. The summed E-state index contributed by atoms with van der Waals surface area (Å²) in [6.07, 6.45) is 3.39. The van der Waals surface area contributed by atoms with Gasteiger partial charge in [-0.15, -0.1) is 0 Å². The third-order valence-corrected chi connectivity index (χ3v) is 4.02. The second-order valence-electron chi connectivity index (χ2n) is 5.82. The molecule has 1 amide bonds. The largest absolute Gasteiger partial charge is 0.324 e. The highest BCUT2D eigenvalue weighted by Gasteiger charge is 2.31. The molecule has 1 aromatic heterocycles. The zero-order chi connectivity index (χ0) is 17.8. The maximum Gasteiger partial charge on any atom is 0.255 e. The van der Waals surface area contributed by atoms with Crippen molar-refractivity contribution in [2.45, 2.75) is 6.04 Å².